The highest BCUT2D eigenvalue weighted by atomic mass is 35.5. The Morgan fingerprint density at radius 2 is 1.69 bits per heavy atom. The number of carbonyl (C=O) groups is 1. The SMILES string of the molecule is O=C(c1cc(Cl)cc(Cl)c1)C1CCOCC1. The van der Waals surface area contributed by atoms with E-state index in [0.717, 1.165) is 12.8 Å². The molecule has 1 aromatic rings. The average molecular weight is 259 g/mol. The maximum absolute atomic E-state index is 12.1. The summed E-state index contributed by atoms with van der Waals surface area (Å²) in [5.41, 5.74) is 0.601. The van der Waals surface area contributed by atoms with Gasteiger partial charge in [-0.1, -0.05) is 23.2 Å². The minimum absolute atomic E-state index is 0.0447. The zero-order chi connectivity index (χ0) is 11.5. The Labute approximate surface area is 104 Å². The highest BCUT2D eigenvalue weighted by molar-refractivity contribution is 6.35. The predicted octanol–water partition coefficient (Wildman–Crippen LogP) is 3.60. The zero-order valence-corrected chi connectivity index (χ0v) is 10.2. The highest BCUT2D eigenvalue weighted by Crippen LogP contribution is 2.24. The number of ketones is 1. The molecule has 1 aromatic carbocycles. The number of carbonyl (C=O) groups excluding carboxylic acids is 1. The summed E-state index contributed by atoms with van der Waals surface area (Å²) in [6, 6.07) is 4.97. The topological polar surface area (TPSA) is 26.3 Å². The molecule has 0 aliphatic carbocycles. The fourth-order valence-corrected chi connectivity index (χ4v) is 2.42. The molecule has 4 heteroatoms. The smallest absolute Gasteiger partial charge is 0.166 e. The number of ether oxygens (including phenoxy) is 1. The van der Waals surface area contributed by atoms with Crippen LogP contribution in [0.5, 0.6) is 0 Å². The first-order chi connectivity index (χ1) is 7.66. The Morgan fingerprint density at radius 1 is 1.12 bits per heavy atom. The van der Waals surface area contributed by atoms with Crippen LogP contribution in [0.15, 0.2) is 18.2 Å². The van der Waals surface area contributed by atoms with Gasteiger partial charge in [-0.3, -0.25) is 4.79 Å². The third-order valence-electron chi connectivity index (χ3n) is 2.74. The molecule has 1 heterocycles. The van der Waals surface area contributed by atoms with E-state index in [0.29, 0.717) is 28.8 Å². The average Bonchev–Trinajstić information content (AvgIpc) is 2.28. The highest BCUT2D eigenvalue weighted by Gasteiger charge is 2.23. The number of hydrogen-bond acceptors (Lipinski definition) is 2. The summed E-state index contributed by atoms with van der Waals surface area (Å²) in [5, 5.41) is 1.01. The van der Waals surface area contributed by atoms with E-state index in [-0.39, 0.29) is 11.7 Å². The van der Waals surface area contributed by atoms with Gasteiger partial charge in [-0.15, -0.1) is 0 Å². The van der Waals surface area contributed by atoms with E-state index < -0.39 is 0 Å². The van der Waals surface area contributed by atoms with Crippen LogP contribution < -0.4 is 0 Å². The molecule has 0 aromatic heterocycles. The number of rotatable bonds is 2. The van der Waals surface area contributed by atoms with E-state index in [4.69, 9.17) is 27.9 Å². The van der Waals surface area contributed by atoms with Gasteiger partial charge in [0.1, 0.15) is 0 Å². The largest absolute Gasteiger partial charge is 0.381 e. The molecule has 0 amide bonds. The van der Waals surface area contributed by atoms with E-state index in [1.54, 1.807) is 18.2 Å². The fourth-order valence-electron chi connectivity index (χ4n) is 1.89. The quantitative estimate of drug-likeness (QED) is 0.758. The van der Waals surface area contributed by atoms with Gasteiger partial charge >= 0.3 is 0 Å². The van der Waals surface area contributed by atoms with Gasteiger partial charge < -0.3 is 4.74 Å². The van der Waals surface area contributed by atoms with Gasteiger partial charge in [0.05, 0.1) is 0 Å². The molecular formula is C12H12Cl2O2. The summed E-state index contributed by atoms with van der Waals surface area (Å²) in [5.74, 6) is 0.163. The maximum Gasteiger partial charge on any atom is 0.166 e. The standard InChI is InChI=1S/C12H12Cl2O2/c13-10-5-9(6-11(14)7-10)12(15)8-1-3-16-4-2-8/h5-8H,1-4H2. The van der Waals surface area contributed by atoms with Crippen LogP contribution in [-0.2, 0) is 4.74 Å². The summed E-state index contributed by atoms with van der Waals surface area (Å²) < 4.78 is 5.23. The van der Waals surface area contributed by atoms with Gasteiger partial charge in [0.2, 0.25) is 0 Å². The van der Waals surface area contributed by atoms with Gasteiger partial charge in [-0.25, -0.2) is 0 Å². The molecule has 0 saturated carbocycles. The van der Waals surface area contributed by atoms with Crippen molar-refractivity contribution in [3.63, 3.8) is 0 Å². The Balaban J connectivity index is 2.19. The lowest BCUT2D eigenvalue weighted by Gasteiger charge is -2.20. The van der Waals surface area contributed by atoms with Crippen molar-refractivity contribution in [2.24, 2.45) is 5.92 Å². The van der Waals surface area contributed by atoms with Gasteiger partial charge in [0.15, 0.2) is 5.78 Å². The third kappa shape index (κ3) is 2.76. The number of halogens is 2. The van der Waals surface area contributed by atoms with Crippen LogP contribution in [0.25, 0.3) is 0 Å². The van der Waals surface area contributed by atoms with Crippen molar-refractivity contribution in [2.75, 3.05) is 13.2 Å². The lowest BCUT2D eigenvalue weighted by atomic mass is 9.91. The van der Waals surface area contributed by atoms with Crippen molar-refractivity contribution in [3.8, 4) is 0 Å². The monoisotopic (exact) mass is 258 g/mol. The number of hydrogen-bond donors (Lipinski definition) is 0. The number of benzene rings is 1. The molecule has 0 bridgehead atoms. The lowest BCUT2D eigenvalue weighted by molar-refractivity contribution is 0.0545. The van der Waals surface area contributed by atoms with Crippen molar-refractivity contribution in [2.45, 2.75) is 12.8 Å². The second-order valence-electron chi connectivity index (χ2n) is 3.91. The normalized spacial score (nSPS) is 17.4. The molecular weight excluding hydrogens is 247 g/mol. The summed E-state index contributed by atoms with van der Waals surface area (Å²) in [6.07, 6.45) is 1.56. The summed E-state index contributed by atoms with van der Waals surface area (Å²) in [4.78, 5) is 12.1. The molecule has 0 N–H and O–H groups in total. The number of Topliss-reactive ketones (excluding diaryl/α,β-unsaturated/α-hetero) is 1. The van der Waals surface area contributed by atoms with Crippen LogP contribution in [-0.4, -0.2) is 19.0 Å². The Bertz CT molecular complexity index is 378. The van der Waals surface area contributed by atoms with E-state index in [2.05, 4.69) is 0 Å². The summed E-state index contributed by atoms with van der Waals surface area (Å²) >= 11 is 11.7. The molecule has 2 rings (SSSR count). The minimum Gasteiger partial charge on any atom is -0.381 e. The first kappa shape index (κ1) is 11.9. The van der Waals surface area contributed by atoms with Crippen LogP contribution in [0, 0.1) is 5.92 Å². The Morgan fingerprint density at radius 3 is 2.25 bits per heavy atom. The molecule has 0 radical (unpaired) electrons. The molecule has 2 nitrogen and oxygen atoms in total. The van der Waals surface area contributed by atoms with Gasteiger partial charge in [0.25, 0.3) is 0 Å². The molecule has 86 valence electrons. The molecule has 1 saturated heterocycles. The molecule has 0 spiro atoms. The van der Waals surface area contributed by atoms with Crippen LogP contribution >= 0.6 is 23.2 Å². The van der Waals surface area contributed by atoms with E-state index in [1.165, 1.54) is 0 Å². The van der Waals surface area contributed by atoms with E-state index in [9.17, 15) is 4.79 Å². The van der Waals surface area contributed by atoms with Crippen molar-refractivity contribution < 1.29 is 9.53 Å². The van der Waals surface area contributed by atoms with Gasteiger partial charge in [0, 0.05) is 34.7 Å². The van der Waals surface area contributed by atoms with Crippen LogP contribution in [0.2, 0.25) is 10.0 Å². The van der Waals surface area contributed by atoms with Crippen molar-refractivity contribution in [1.82, 2.24) is 0 Å². The molecule has 0 unspecified atom stereocenters. The lowest BCUT2D eigenvalue weighted by Crippen LogP contribution is -2.23. The molecule has 1 aliphatic heterocycles. The van der Waals surface area contributed by atoms with E-state index in [1.807, 2.05) is 0 Å². The van der Waals surface area contributed by atoms with Crippen molar-refractivity contribution in [1.29, 1.82) is 0 Å². The first-order valence-electron chi connectivity index (χ1n) is 5.25. The zero-order valence-electron chi connectivity index (χ0n) is 8.71. The van der Waals surface area contributed by atoms with E-state index >= 15 is 0 Å². The summed E-state index contributed by atoms with van der Waals surface area (Å²) in [6.45, 7) is 1.31. The molecule has 1 fully saturated rings. The second-order valence-corrected chi connectivity index (χ2v) is 4.78. The predicted molar refractivity (Wildman–Crippen MR) is 64.3 cm³/mol. The van der Waals surface area contributed by atoms with Crippen molar-refractivity contribution >= 4 is 29.0 Å². The van der Waals surface area contributed by atoms with Gasteiger partial charge in [-0.05, 0) is 31.0 Å². The van der Waals surface area contributed by atoms with Crippen LogP contribution in [0.3, 0.4) is 0 Å². The molecule has 0 atom stereocenters. The Hall–Kier alpha value is -0.570. The minimum atomic E-state index is 0.0447. The van der Waals surface area contributed by atoms with Crippen molar-refractivity contribution in [3.05, 3.63) is 33.8 Å². The van der Waals surface area contributed by atoms with Crippen LogP contribution in [0.1, 0.15) is 23.2 Å². The fraction of sp³-hybridized carbons (Fsp3) is 0.417. The third-order valence-corrected chi connectivity index (χ3v) is 3.18. The second kappa shape index (κ2) is 5.17. The van der Waals surface area contributed by atoms with Crippen LogP contribution in [0.4, 0.5) is 0 Å². The molecule has 1 aliphatic rings. The maximum atomic E-state index is 12.1. The Kier molecular flexibility index (Phi) is 3.85. The first-order valence-corrected chi connectivity index (χ1v) is 6.00. The summed E-state index contributed by atoms with van der Waals surface area (Å²) in [7, 11) is 0. The molecule has 16 heavy (non-hydrogen) atoms. The van der Waals surface area contributed by atoms with Gasteiger partial charge in [-0.2, -0.15) is 0 Å².